The summed E-state index contributed by atoms with van der Waals surface area (Å²) in [6.45, 7) is 10.6. The number of rotatable bonds is 10. The number of carbonyl (C=O) groups excluding carboxylic acids is 3. The van der Waals surface area contributed by atoms with Gasteiger partial charge >= 0.3 is 11.9 Å². The van der Waals surface area contributed by atoms with E-state index < -0.39 is 17.7 Å². The largest absolute Gasteiger partial charge is 0.457 e. The minimum atomic E-state index is -0.989. The third kappa shape index (κ3) is 9.35. The zero-order chi connectivity index (χ0) is 21.5. The Morgan fingerprint density at radius 3 is 2.14 bits per heavy atom. The van der Waals surface area contributed by atoms with Crippen LogP contribution in [0.15, 0.2) is 62.1 Å². The minimum Gasteiger partial charge on any atom is -0.457 e. The molecule has 0 radical (unpaired) electrons. The summed E-state index contributed by atoms with van der Waals surface area (Å²) < 4.78 is 9.38. The summed E-state index contributed by atoms with van der Waals surface area (Å²) in [5.74, 6) is -2.34. The summed E-state index contributed by atoms with van der Waals surface area (Å²) >= 11 is 0. The number of Topliss-reactive ketones (excluding diaryl/α,β-unsaturated/α-hetero) is 1. The van der Waals surface area contributed by atoms with E-state index in [0.717, 1.165) is 18.2 Å². The van der Waals surface area contributed by atoms with Crippen LogP contribution < -0.4 is 4.90 Å². The van der Waals surface area contributed by atoms with Crippen molar-refractivity contribution in [3.8, 4) is 0 Å². The van der Waals surface area contributed by atoms with E-state index in [9.17, 15) is 14.4 Å². The highest BCUT2D eigenvalue weighted by atomic mass is 17.2. The Labute approximate surface area is 164 Å². The van der Waals surface area contributed by atoms with Gasteiger partial charge < -0.3 is 19.3 Å². The van der Waals surface area contributed by atoms with Gasteiger partial charge in [0.05, 0.1) is 0 Å². The fraction of sp³-hybridized carbons (Fsp3) is 0.250. The first-order valence-corrected chi connectivity index (χ1v) is 8.11. The topological polar surface area (TPSA) is 91.4 Å². The van der Waals surface area contributed by atoms with Gasteiger partial charge in [-0.25, -0.2) is 9.59 Å². The lowest BCUT2D eigenvalue weighted by molar-refractivity contribution is -0.255. The normalized spacial score (nSPS) is 9.68. The van der Waals surface area contributed by atoms with Crippen LogP contribution in [0.1, 0.15) is 17.3 Å². The van der Waals surface area contributed by atoms with Crippen molar-refractivity contribution in [1.82, 2.24) is 0 Å². The molecule has 1 aromatic carbocycles. The molecule has 0 fully saturated rings. The second-order valence-electron chi connectivity index (χ2n) is 5.28. The lowest BCUT2D eigenvalue weighted by Crippen LogP contribution is -2.20. The van der Waals surface area contributed by atoms with Crippen LogP contribution in [0.25, 0.3) is 0 Å². The number of nitrogens with zero attached hydrogens (tertiary/aromatic N) is 1. The summed E-state index contributed by atoms with van der Waals surface area (Å²) in [6.07, 6.45) is 1.96. The van der Waals surface area contributed by atoms with Gasteiger partial charge in [-0.3, -0.25) is 4.79 Å². The third-order valence-corrected chi connectivity index (χ3v) is 2.93. The molecule has 0 aliphatic heterocycles. The van der Waals surface area contributed by atoms with Gasteiger partial charge in [0, 0.05) is 30.9 Å². The van der Waals surface area contributed by atoms with E-state index in [1.807, 2.05) is 19.0 Å². The highest BCUT2D eigenvalue weighted by molar-refractivity contribution is 6.40. The summed E-state index contributed by atoms with van der Waals surface area (Å²) in [6, 6.07) is 6.56. The number of esters is 2. The Balaban J connectivity index is 0.00000352. The van der Waals surface area contributed by atoms with Crippen LogP contribution in [0.2, 0.25) is 0 Å². The van der Waals surface area contributed by atoms with E-state index in [0.29, 0.717) is 0 Å². The predicted octanol–water partition coefficient (Wildman–Crippen LogP) is 2.82. The van der Waals surface area contributed by atoms with Gasteiger partial charge in [0.15, 0.2) is 6.26 Å². The number of ketones is 1. The molecule has 0 saturated heterocycles. The maximum atomic E-state index is 11.9. The molecule has 0 bridgehead atoms. The number of hydrogen-bond acceptors (Lipinski definition) is 8. The van der Waals surface area contributed by atoms with E-state index in [1.165, 1.54) is 6.92 Å². The molecule has 0 N–H and O–H groups in total. The van der Waals surface area contributed by atoms with E-state index in [-0.39, 0.29) is 24.4 Å². The molecule has 8 nitrogen and oxygen atoms in total. The molecule has 0 amide bonds. The molecular formula is C20H25NO7. The van der Waals surface area contributed by atoms with Crippen molar-refractivity contribution in [1.29, 1.82) is 0 Å². The van der Waals surface area contributed by atoms with Gasteiger partial charge in [-0.05, 0) is 31.2 Å². The van der Waals surface area contributed by atoms with Gasteiger partial charge in [-0.1, -0.05) is 6.58 Å². The SMILES string of the molecule is C=C.C=C(C)C(=O)O/C=C/OOCCOC(=O)C(=O)c1ccc(N(C)C)cc1. The quantitative estimate of drug-likeness (QED) is 0.0692. The predicted molar refractivity (Wildman–Crippen MR) is 104 cm³/mol. The molecule has 152 valence electrons. The van der Waals surface area contributed by atoms with Crippen LogP contribution in [0.4, 0.5) is 5.69 Å². The Morgan fingerprint density at radius 1 is 1.00 bits per heavy atom. The molecule has 0 heterocycles. The van der Waals surface area contributed by atoms with Crippen molar-refractivity contribution < 1.29 is 33.6 Å². The first-order valence-electron chi connectivity index (χ1n) is 8.11. The molecule has 0 aliphatic rings. The lowest BCUT2D eigenvalue weighted by atomic mass is 10.1. The van der Waals surface area contributed by atoms with Crippen LogP contribution in [0, 0.1) is 0 Å². The van der Waals surface area contributed by atoms with Crippen molar-refractivity contribution in [3.63, 3.8) is 0 Å². The minimum absolute atomic E-state index is 0.114. The molecule has 8 heteroatoms. The number of anilines is 1. The Kier molecular flexibility index (Phi) is 12.1. The standard InChI is InChI=1S/C18H21NO7.C2H4/c1-13(2)17(21)23-9-11-25-26-12-10-24-18(22)16(20)14-5-7-15(8-6-14)19(3)4;1-2/h5-9,11H,1,10,12H2,2-4H3;1-2H2/b11-9+;. The number of carbonyl (C=O) groups is 3. The van der Waals surface area contributed by atoms with Gasteiger partial charge in [0.25, 0.3) is 5.78 Å². The van der Waals surface area contributed by atoms with Crippen molar-refractivity contribution in [2.24, 2.45) is 0 Å². The third-order valence-electron chi connectivity index (χ3n) is 2.93. The lowest BCUT2D eigenvalue weighted by Gasteiger charge is -2.12. The number of benzene rings is 1. The zero-order valence-corrected chi connectivity index (χ0v) is 16.3. The van der Waals surface area contributed by atoms with Crippen molar-refractivity contribution in [3.05, 3.63) is 67.7 Å². The Morgan fingerprint density at radius 2 is 1.61 bits per heavy atom. The second kappa shape index (κ2) is 13.8. The van der Waals surface area contributed by atoms with Crippen molar-refractivity contribution in [2.45, 2.75) is 6.92 Å². The number of ether oxygens (including phenoxy) is 2. The maximum Gasteiger partial charge on any atom is 0.379 e. The van der Waals surface area contributed by atoms with Crippen molar-refractivity contribution >= 4 is 23.4 Å². The van der Waals surface area contributed by atoms with E-state index in [2.05, 4.69) is 34.2 Å². The van der Waals surface area contributed by atoms with Crippen LogP contribution in [-0.2, 0) is 28.8 Å². The first-order chi connectivity index (χ1) is 13.3. The molecule has 0 unspecified atom stereocenters. The smallest absolute Gasteiger partial charge is 0.379 e. The van der Waals surface area contributed by atoms with Crippen LogP contribution in [-0.4, -0.2) is 45.0 Å². The average molecular weight is 391 g/mol. The van der Waals surface area contributed by atoms with Crippen LogP contribution >= 0.6 is 0 Å². The van der Waals surface area contributed by atoms with Gasteiger partial charge in [-0.2, -0.15) is 4.89 Å². The Bertz CT molecular complexity index is 693. The molecule has 0 spiro atoms. The molecule has 0 aromatic heterocycles. The fourth-order valence-electron chi connectivity index (χ4n) is 1.56. The average Bonchev–Trinajstić information content (AvgIpc) is 2.70. The van der Waals surface area contributed by atoms with E-state index >= 15 is 0 Å². The summed E-state index contributed by atoms with van der Waals surface area (Å²) in [5, 5.41) is 0. The molecule has 1 rings (SSSR count). The highest BCUT2D eigenvalue weighted by Crippen LogP contribution is 2.13. The molecule has 0 atom stereocenters. The number of hydrogen-bond donors (Lipinski definition) is 0. The van der Waals surface area contributed by atoms with Gasteiger partial charge in [0.2, 0.25) is 0 Å². The fourth-order valence-corrected chi connectivity index (χ4v) is 1.56. The summed E-state index contributed by atoms with van der Waals surface area (Å²) in [4.78, 5) is 45.7. The first kappa shape index (κ1) is 24.6. The highest BCUT2D eigenvalue weighted by Gasteiger charge is 2.17. The molecule has 1 aromatic rings. The second-order valence-corrected chi connectivity index (χ2v) is 5.28. The molecule has 28 heavy (non-hydrogen) atoms. The van der Waals surface area contributed by atoms with E-state index in [1.54, 1.807) is 24.3 Å². The zero-order valence-electron chi connectivity index (χ0n) is 16.3. The summed E-state index contributed by atoms with van der Waals surface area (Å²) in [5.41, 5.74) is 1.38. The maximum absolute atomic E-state index is 11.9. The van der Waals surface area contributed by atoms with Crippen LogP contribution in [0.3, 0.4) is 0 Å². The molecule has 0 aliphatic carbocycles. The van der Waals surface area contributed by atoms with Gasteiger partial charge in [0.1, 0.15) is 19.5 Å². The van der Waals surface area contributed by atoms with Gasteiger partial charge in [-0.15, -0.1) is 13.2 Å². The summed E-state index contributed by atoms with van der Waals surface area (Å²) in [7, 11) is 3.74. The molecule has 0 saturated carbocycles. The monoisotopic (exact) mass is 391 g/mol. The van der Waals surface area contributed by atoms with Crippen molar-refractivity contribution in [2.75, 3.05) is 32.2 Å². The van der Waals surface area contributed by atoms with E-state index in [4.69, 9.17) is 4.74 Å². The molecular weight excluding hydrogens is 366 g/mol. The van der Waals surface area contributed by atoms with Crippen LogP contribution in [0.5, 0.6) is 0 Å². The Hall–Kier alpha value is -3.39.